The largest absolute Gasteiger partial charge is 0.379 e. The van der Waals surface area contributed by atoms with Gasteiger partial charge in [-0.1, -0.05) is 23.2 Å². The number of ether oxygens (including phenoxy) is 1. The van der Waals surface area contributed by atoms with E-state index in [2.05, 4.69) is 10.3 Å². The number of hydrogen-bond acceptors (Lipinski definition) is 4. The molecular formula is C11H13Cl2N3O2. The molecule has 0 bridgehead atoms. The summed E-state index contributed by atoms with van der Waals surface area (Å²) in [4.78, 5) is 15.9. The van der Waals surface area contributed by atoms with Gasteiger partial charge in [-0.15, -0.1) is 0 Å². The number of amides is 1. The Balaban J connectivity index is 2.17. The van der Waals surface area contributed by atoms with E-state index in [0.29, 0.717) is 18.9 Å². The number of aromatic nitrogens is 1. The third-order valence-electron chi connectivity index (χ3n) is 2.85. The Kier molecular flexibility index (Phi) is 4.07. The van der Waals surface area contributed by atoms with Crippen LogP contribution in [0.5, 0.6) is 0 Å². The third-order valence-corrected chi connectivity index (χ3v) is 3.32. The SMILES string of the molecule is Cc1cc(Cl)nc(Cl)c1NC(=O)C1COCC1N. The lowest BCUT2D eigenvalue weighted by molar-refractivity contribution is -0.120. The van der Waals surface area contributed by atoms with Crippen LogP contribution in [0.4, 0.5) is 5.69 Å². The van der Waals surface area contributed by atoms with Gasteiger partial charge in [-0.2, -0.15) is 0 Å². The fourth-order valence-corrected chi connectivity index (χ4v) is 2.38. The molecule has 7 heteroatoms. The van der Waals surface area contributed by atoms with Crippen molar-refractivity contribution in [1.29, 1.82) is 0 Å². The van der Waals surface area contributed by atoms with Gasteiger partial charge in [0.1, 0.15) is 5.15 Å². The van der Waals surface area contributed by atoms with Crippen LogP contribution in [0.2, 0.25) is 10.3 Å². The van der Waals surface area contributed by atoms with E-state index >= 15 is 0 Å². The topological polar surface area (TPSA) is 77.2 Å². The van der Waals surface area contributed by atoms with Gasteiger partial charge >= 0.3 is 0 Å². The van der Waals surface area contributed by atoms with Crippen LogP contribution in [0.15, 0.2) is 6.07 Å². The van der Waals surface area contributed by atoms with Crippen LogP contribution in [0.1, 0.15) is 5.56 Å². The van der Waals surface area contributed by atoms with Crippen LogP contribution < -0.4 is 11.1 Å². The monoisotopic (exact) mass is 289 g/mol. The van der Waals surface area contributed by atoms with E-state index in [4.69, 9.17) is 33.7 Å². The molecule has 3 N–H and O–H groups in total. The second-order valence-electron chi connectivity index (χ2n) is 4.22. The molecule has 0 spiro atoms. The number of rotatable bonds is 2. The first kappa shape index (κ1) is 13.5. The summed E-state index contributed by atoms with van der Waals surface area (Å²) in [6, 6.07) is 1.35. The maximum absolute atomic E-state index is 12.0. The molecule has 98 valence electrons. The summed E-state index contributed by atoms with van der Waals surface area (Å²) < 4.78 is 5.15. The average molecular weight is 290 g/mol. The molecule has 1 saturated heterocycles. The van der Waals surface area contributed by atoms with E-state index in [1.54, 1.807) is 13.0 Å². The second-order valence-corrected chi connectivity index (χ2v) is 4.97. The van der Waals surface area contributed by atoms with Crippen molar-refractivity contribution >= 4 is 34.8 Å². The number of anilines is 1. The molecule has 2 heterocycles. The number of nitrogens with one attached hydrogen (secondary N) is 1. The second kappa shape index (κ2) is 5.40. The van der Waals surface area contributed by atoms with Crippen molar-refractivity contribution in [2.24, 2.45) is 11.7 Å². The number of carbonyl (C=O) groups excluding carboxylic acids is 1. The summed E-state index contributed by atoms with van der Waals surface area (Å²) in [6.07, 6.45) is 0. The fraction of sp³-hybridized carbons (Fsp3) is 0.455. The van der Waals surface area contributed by atoms with Gasteiger partial charge in [0, 0.05) is 6.04 Å². The van der Waals surface area contributed by atoms with Crippen molar-refractivity contribution < 1.29 is 9.53 Å². The molecule has 0 aromatic carbocycles. The van der Waals surface area contributed by atoms with E-state index in [0.717, 1.165) is 5.56 Å². The first-order chi connectivity index (χ1) is 8.49. The van der Waals surface area contributed by atoms with Crippen molar-refractivity contribution in [3.8, 4) is 0 Å². The Bertz CT molecular complexity index is 458. The van der Waals surface area contributed by atoms with Crippen molar-refractivity contribution in [1.82, 2.24) is 4.98 Å². The summed E-state index contributed by atoms with van der Waals surface area (Å²) in [6.45, 7) is 2.51. The summed E-state index contributed by atoms with van der Waals surface area (Å²) in [7, 11) is 0. The fourth-order valence-electron chi connectivity index (χ4n) is 1.80. The smallest absolute Gasteiger partial charge is 0.231 e. The molecule has 2 rings (SSSR count). The molecule has 1 aromatic rings. The number of halogens is 2. The Hall–Kier alpha value is -0.880. The Morgan fingerprint density at radius 3 is 2.83 bits per heavy atom. The predicted molar refractivity (Wildman–Crippen MR) is 69.9 cm³/mol. The minimum Gasteiger partial charge on any atom is -0.379 e. The Morgan fingerprint density at radius 1 is 1.56 bits per heavy atom. The van der Waals surface area contributed by atoms with Crippen molar-refractivity contribution in [3.05, 3.63) is 21.9 Å². The van der Waals surface area contributed by atoms with E-state index in [9.17, 15) is 4.79 Å². The first-order valence-corrected chi connectivity index (χ1v) is 6.21. The molecule has 1 aliphatic heterocycles. The standard InChI is InChI=1S/C11H13Cl2N3O2/c1-5-2-8(12)15-10(13)9(5)16-11(17)6-3-18-4-7(6)14/h2,6-7H,3-4,14H2,1H3,(H,16,17). The van der Waals surface area contributed by atoms with E-state index in [1.807, 2.05) is 0 Å². The molecule has 0 aliphatic carbocycles. The highest BCUT2D eigenvalue weighted by Gasteiger charge is 2.31. The Morgan fingerprint density at radius 2 is 2.28 bits per heavy atom. The summed E-state index contributed by atoms with van der Waals surface area (Å²) >= 11 is 11.7. The van der Waals surface area contributed by atoms with E-state index in [1.165, 1.54) is 0 Å². The number of hydrogen-bond donors (Lipinski definition) is 2. The van der Waals surface area contributed by atoms with E-state index in [-0.39, 0.29) is 28.2 Å². The Labute approximate surface area is 115 Å². The maximum atomic E-state index is 12.0. The summed E-state index contributed by atoms with van der Waals surface area (Å²) in [5.74, 6) is -0.578. The highest BCUT2D eigenvalue weighted by molar-refractivity contribution is 6.34. The molecule has 1 amide bonds. The first-order valence-electron chi connectivity index (χ1n) is 5.46. The van der Waals surface area contributed by atoms with Gasteiger partial charge in [0.15, 0.2) is 5.15 Å². The van der Waals surface area contributed by atoms with Crippen LogP contribution in [0.3, 0.4) is 0 Å². The molecule has 18 heavy (non-hydrogen) atoms. The van der Waals surface area contributed by atoms with Crippen LogP contribution in [0.25, 0.3) is 0 Å². The van der Waals surface area contributed by atoms with Gasteiger partial charge in [-0.3, -0.25) is 4.79 Å². The van der Waals surface area contributed by atoms with Gasteiger partial charge in [0.2, 0.25) is 5.91 Å². The molecule has 2 unspecified atom stereocenters. The maximum Gasteiger partial charge on any atom is 0.231 e. The van der Waals surface area contributed by atoms with Gasteiger partial charge < -0.3 is 15.8 Å². The lowest BCUT2D eigenvalue weighted by Crippen LogP contribution is -2.37. The zero-order valence-electron chi connectivity index (χ0n) is 9.74. The third kappa shape index (κ3) is 2.75. The lowest BCUT2D eigenvalue weighted by Gasteiger charge is -2.15. The van der Waals surface area contributed by atoms with Crippen LogP contribution in [0, 0.1) is 12.8 Å². The quantitative estimate of drug-likeness (QED) is 0.811. The predicted octanol–water partition coefficient (Wildman–Crippen LogP) is 1.61. The lowest BCUT2D eigenvalue weighted by atomic mass is 10.0. The van der Waals surface area contributed by atoms with Crippen molar-refractivity contribution in [2.75, 3.05) is 18.5 Å². The number of pyridine rings is 1. The molecule has 2 atom stereocenters. The summed E-state index contributed by atoms with van der Waals surface area (Å²) in [5, 5.41) is 3.18. The highest BCUT2D eigenvalue weighted by atomic mass is 35.5. The van der Waals surface area contributed by atoms with Crippen LogP contribution >= 0.6 is 23.2 Å². The molecule has 5 nitrogen and oxygen atoms in total. The van der Waals surface area contributed by atoms with Gasteiger partial charge in [0.05, 0.1) is 24.8 Å². The molecule has 1 aliphatic rings. The van der Waals surface area contributed by atoms with E-state index < -0.39 is 0 Å². The number of carbonyl (C=O) groups is 1. The molecule has 1 aromatic heterocycles. The van der Waals surface area contributed by atoms with Gasteiger partial charge in [0.25, 0.3) is 0 Å². The number of nitrogens with two attached hydrogens (primary N) is 1. The molecule has 0 radical (unpaired) electrons. The van der Waals surface area contributed by atoms with Gasteiger partial charge in [-0.25, -0.2) is 4.98 Å². The average Bonchev–Trinajstić information content (AvgIpc) is 2.69. The number of nitrogens with zero attached hydrogens (tertiary/aromatic N) is 1. The molecule has 1 fully saturated rings. The molecular weight excluding hydrogens is 277 g/mol. The number of aryl methyl sites for hydroxylation is 1. The normalized spacial score (nSPS) is 23.1. The van der Waals surface area contributed by atoms with Gasteiger partial charge in [-0.05, 0) is 18.6 Å². The summed E-state index contributed by atoms with van der Waals surface area (Å²) in [5.41, 5.74) is 6.99. The van der Waals surface area contributed by atoms with Crippen molar-refractivity contribution in [2.45, 2.75) is 13.0 Å². The van der Waals surface area contributed by atoms with Crippen molar-refractivity contribution in [3.63, 3.8) is 0 Å². The zero-order chi connectivity index (χ0) is 13.3. The minimum absolute atomic E-state index is 0.167. The van der Waals surface area contributed by atoms with Crippen LogP contribution in [-0.4, -0.2) is 30.1 Å². The highest BCUT2D eigenvalue weighted by Crippen LogP contribution is 2.27. The molecule has 0 saturated carbocycles. The zero-order valence-corrected chi connectivity index (χ0v) is 11.3. The van der Waals surface area contributed by atoms with Crippen LogP contribution in [-0.2, 0) is 9.53 Å². The minimum atomic E-state index is -0.365.